The molecule has 0 unspecified atom stereocenters. The van der Waals surface area contributed by atoms with Crippen molar-refractivity contribution in [1.82, 2.24) is 9.97 Å². The Hall–Kier alpha value is -0.890. The molecule has 7 heteroatoms. The van der Waals surface area contributed by atoms with Gasteiger partial charge in [-0.1, -0.05) is 18.7 Å². The molecular weight excluding hydrogens is 354 g/mol. The van der Waals surface area contributed by atoms with Crippen molar-refractivity contribution in [3.05, 3.63) is 10.4 Å². The topological polar surface area (TPSA) is 47.5 Å². The highest BCUT2D eigenvalue weighted by Crippen LogP contribution is 2.42. The van der Waals surface area contributed by atoms with E-state index in [9.17, 15) is 0 Å². The third-order valence-corrected chi connectivity index (χ3v) is 6.88. The molecule has 2 aliphatic heterocycles. The highest BCUT2D eigenvalue weighted by Gasteiger charge is 2.31. The molecule has 0 bridgehead atoms. The minimum absolute atomic E-state index is 0.0970. The standard InChI is InChI=1S/C18H25N3O2S2/c1-4-9-24-17-19-14-12-11-23-18(2,3)10-13(12)25-15(14)16(20-17)21-5-7-22-8-6-21/h4-11H2,1-3H3. The van der Waals surface area contributed by atoms with Crippen LogP contribution in [0.3, 0.4) is 0 Å². The minimum atomic E-state index is -0.0970. The van der Waals surface area contributed by atoms with Gasteiger partial charge < -0.3 is 14.4 Å². The van der Waals surface area contributed by atoms with Gasteiger partial charge in [0.15, 0.2) is 11.0 Å². The fourth-order valence-electron chi connectivity index (χ4n) is 3.28. The van der Waals surface area contributed by atoms with Crippen LogP contribution in [0, 0.1) is 0 Å². The number of hydrogen-bond donors (Lipinski definition) is 0. The number of aromatic nitrogens is 2. The molecule has 0 atom stereocenters. The van der Waals surface area contributed by atoms with Crippen molar-refractivity contribution in [3.8, 4) is 0 Å². The molecule has 1 saturated heterocycles. The molecule has 0 radical (unpaired) electrons. The lowest BCUT2D eigenvalue weighted by molar-refractivity contribution is -0.0383. The van der Waals surface area contributed by atoms with Gasteiger partial charge in [0.2, 0.25) is 0 Å². The van der Waals surface area contributed by atoms with Gasteiger partial charge in [0.05, 0.1) is 35.6 Å². The van der Waals surface area contributed by atoms with Gasteiger partial charge in [-0.25, -0.2) is 9.97 Å². The smallest absolute Gasteiger partial charge is 0.190 e. The first kappa shape index (κ1) is 17.5. The van der Waals surface area contributed by atoms with Crippen molar-refractivity contribution >= 4 is 39.1 Å². The van der Waals surface area contributed by atoms with E-state index in [0.29, 0.717) is 6.61 Å². The molecule has 0 saturated carbocycles. The van der Waals surface area contributed by atoms with Crippen LogP contribution in [-0.4, -0.2) is 47.6 Å². The molecule has 2 aromatic heterocycles. The summed E-state index contributed by atoms with van der Waals surface area (Å²) in [5.41, 5.74) is 2.28. The molecule has 25 heavy (non-hydrogen) atoms. The maximum absolute atomic E-state index is 6.07. The van der Waals surface area contributed by atoms with Gasteiger partial charge in [0, 0.05) is 35.7 Å². The van der Waals surface area contributed by atoms with Crippen LogP contribution >= 0.6 is 23.1 Å². The quantitative estimate of drug-likeness (QED) is 0.593. The number of anilines is 1. The monoisotopic (exact) mass is 379 g/mol. The average Bonchev–Trinajstić information content (AvgIpc) is 2.96. The Balaban J connectivity index is 1.82. The van der Waals surface area contributed by atoms with E-state index in [-0.39, 0.29) is 5.60 Å². The van der Waals surface area contributed by atoms with E-state index in [4.69, 9.17) is 19.4 Å². The maximum atomic E-state index is 6.07. The van der Waals surface area contributed by atoms with Crippen LogP contribution in [0.2, 0.25) is 0 Å². The first-order chi connectivity index (χ1) is 12.1. The van der Waals surface area contributed by atoms with Crippen LogP contribution in [0.1, 0.15) is 37.6 Å². The van der Waals surface area contributed by atoms with Gasteiger partial charge in [-0.05, 0) is 20.3 Å². The molecule has 2 aliphatic rings. The molecule has 1 fully saturated rings. The summed E-state index contributed by atoms with van der Waals surface area (Å²) in [6.07, 6.45) is 2.07. The summed E-state index contributed by atoms with van der Waals surface area (Å²) in [7, 11) is 0. The van der Waals surface area contributed by atoms with E-state index in [0.717, 1.165) is 61.4 Å². The zero-order valence-electron chi connectivity index (χ0n) is 15.1. The van der Waals surface area contributed by atoms with E-state index in [2.05, 4.69) is 25.7 Å². The third kappa shape index (κ3) is 3.52. The maximum Gasteiger partial charge on any atom is 0.190 e. The first-order valence-electron chi connectivity index (χ1n) is 8.99. The molecule has 0 N–H and O–H groups in total. The van der Waals surface area contributed by atoms with Crippen LogP contribution in [0.25, 0.3) is 10.2 Å². The van der Waals surface area contributed by atoms with Crippen LogP contribution in [0.4, 0.5) is 5.82 Å². The number of thioether (sulfide) groups is 1. The van der Waals surface area contributed by atoms with Gasteiger partial charge >= 0.3 is 0 Å². The number of fused-ring (bicyclic) bond motifs is 3. The second kappa shape index (κ2) is 7.02. The SMILES string of the molecule is CCCSc1nc(N2CCOCC2)c2sc3c(c2n1)COC(C)(C)C3. The zero-order valence-corrected chi connectivity index (χ0v) is 16.8. The summed E-state index contributed by atoms with van der Waals surface area (Å²) in [6, 6.07) is 0. The van der Waals surface area contributed by atoms with Gasteiger partial charge in [-0.2, -0.15) is 0 Å². The Kier molecular flexibility index (Phi) is 4.92. The number of rotatable bonds is 4. The first-order valence-corrected chi connectivity index (χ1v) is 10.8. The minimum Gasteiger partial charge on any atom is -0.378 e. The molecular formula is C18H25N3O2S2. The van der Waals surface area contributed by atoms with Crippen molar-refractivity contribution in [2.75, 3.05) is 37.0 Å². The predicted octanol–water partition coefficient (Wildman–Crippen LogP) is 3.88. The van der Waals surface area contributed by atoms with E-state index in [1.54, 1.807) is 11.8 Å². The second-order valence-electron chi connectivity index (χ2n) is 7.18. The highest BCUT2D eigenvalue weighted by molar-refractivity contribution is 7.99. The number of morpholine rings is 1. The second-order valence-corrected chi connectivity index (χ2v) is 9.35. The molecule has 5 nitrogen and oxygen atoms in total. The molecule has 0 aliphatic carbocycles. The molecule has 4 heterocycles. The normalized spacial score (nSPS) is 20.0. The Morgan fingerprint density at radius 2 is 2.04 bits per heavy atom. The molecule has 0 spiro atoms. The van der Waals surface area contributed by atoms with E-state index >= 15 is 0 Å². The van der Waals surface area contributed by atoms with Crippen molar-refractivity contribution in [2.24, 2.45) is 0 Å². The Bertz CT molecular complexity index is 769. The molecule has 4 rings (SSSR count). The molecule has 0 aromatic carbocycles. The van der Waals surface area contributed by atoms with Crippen molar-refractivity contribution in [1.29, 1.82) is 0 Å². The van der Waals surface area contributed by atoms with Crippen LogP contribution in [-0.2, 0) is 22.5 Å². The fourth-order valence-corrected chi connectivity index (χ4v) is 5.45. The van der Waals surface area contributed by atoms with Gasteiger partial charge in [-0.15, -0.1) is 11.3 Å². The molecule has 2 aromatic rings. The lowest BCUT2D eigenvalue weighted by atomic mass is 9.98. The van der Waals surface area contributed by atoms with E-state index < -0.39 is 0 Å². The van der Waals surface area contributed by atoms with E-state index in [1.165, 1.54) is 15.1 Å². The van der Waals surface area contributed by atoms with Gasteiger partial charge in [0.1, 0.15) is 0 Å². The lowest BCUT2D eigenvalue weighted by Crippen LogP contribution is -2.36. The number of nitrogens with zero attached hydrogens (tertiary/aromatic N) is 3. The summed E-state index contributed by atoms with van der Waals surface area (Å²) < 4.78 is 12.8. The zero-order chi connectivity index (χ0) is 17.4. The van der Waals surface area contributed by atoms with Gasteiger partial charge in [0.25, 0.3) is 0 Å². The summed E-state index contributed by atoms with van der Waals surface area (Å²) in [5.74, 6) is 2.13. The number of hydrogen-bond acceptors (Lipinski definition) is 7. The van der Waals surface area contributed by atoms with E-state index in [1.807, 2.05) is 11.3 Å². The summed E-state index contributed by atoms with van der Waals surface area (Å²) in [5, 5.41) is 0.890. The summed E-state index contributed by atoms with van der Waals surface area (Å²) in [4.78, 5) is 13.6. The largest absolute Gasteiger partial charge is 0.378 e. The lowest BCUT2D eigenvalue weighted by Gasteiger charge is -2.29. The van der Waals surface area contributed by atoms with Crippen LogP contribution in [0.15, 0.2) is 5.16 Å². The Morgan fingerprint density at radius 1 is 1.24 bits per heavy atom. The molecule has 0 amide bonds. The molecule has 136 valence electrons. The number of thiophene rings is 1. The number of ether oxygens (including phenoxy) is 2. The Morgan fingerprint density at radius 3 is 2.80 bits per heavy atom. The summed E-state index contributed by atoms with van der Waals surface area (Å²) >= 11 is 3.61. The Labute approximate surface area is 157 Å². The highest BCUT2D eigenvalue weighted by atomic mass is 32.2. The van der Waals surface area contributed by atoms with Gasteiger partial charge in [-0.3, -0.25) is 0 Å². The van der Waals surface area contributed by atoms with Crippen LogP contribution in [0.5, 0.6) is 0 Å². The fraction of sp³-hybridized carbons (Fsp3) is 0.667. The average molecular weight is 380 g/mol. The summed E-state index contributed by atoms with van der Waals surface area (Å²) in [6.45, 7) is 10.5. The van der Waals surface area contributed by atoms with Crippen LogP contribution < -0.4 is 4.90 Å². The predicted molar refractivity (Wildman–Crippen MR) is 104 cm³/mol. The van der Waals surface area contributed by atoms with Crippen molar-refractivity contribution < 1.29 is 9.47 Å². The van der Waals surface area contributed by atoms with Crippen molar-refractivity contribution in [2.45, 2.75) is 51.0 Å². The van der Waals surface area contributed by atoms with Crippen molar-refractivity contribution in [3.63, 3.8) is 0 Å². The third-order valence-electron chi connectivity index (χ3n) is 4.61.